The van der Waals surface area contributed by atoms with Gasteiger partial charge in [0.1, 0.15) is 195 Å². The van der Waals surface area contributed by atoms with E-state index in [9.17, 15) is 132 Å². The Morgan fingerprint density at radius 3 is 0.842 bits per heavy atom. The quantitative estimate of drug-likeness (QED) is 0.0382. The van der Waals surface area contributed by atoms with Crippen LogP contribution in [0, 0.1) is 0 Å². The molecule has 584 valence electrons. The van der Waals surface area contributed by atoms with Crippen LogP contribution in [0.25, 0.3) is 0 Å². The summed E-state index contributed by atoms with van der Waals surface area (Å²) in [5, 5.41) is 251. The van der Waals surface area contributed by atoms with Crippen LogP contribution < -0.4 is 21.3 Å². The van der Waals surface area contributed by atoms with E-state index in [1.807, 2.05) is 0 Å². The zero-order valence-electron chi connectivity index (χ0n) is 54.3. The van der Waals surface area contributed by atoms with Crippen LogP contribution in [0.4, 0.5) is 0 Å². The molecule has 1 unspecified atom stereocenters. The van der Waals surface area contributed by atoms with Gasteiger partial charge in [-0.2, -0.15) is 0 Å². The Hall–Kier alpha value is -3.60. The van der Waals surface area contributed by atoms with E-state index in [4.69, 9.17) is 71.1 Å². The fourth-order valence-corrected chi connectivity index (χ4v) is 13.0. The fourth-order valence-electron chi connectivity index (χ4n) is 13.0. The van der Waals surface area contributed by atoms with E-state index in [0.717, 1.165) is 27.7 Å². The van der Waals surface area contributed by atoms with Gasteiger partial charge in [0.25, 0.3) is 0 Å². The van der Waals surface area contributed by atoms with Gasteiger partial charge in [-0.15, -0.1) is 0 Å². The first kappa shape index (κ1) is 83.0. The Bertz CT molecular complexity index is 2640. The van der Waals surface area contributed by atoms with Crippen molar-refractivity contribution in [3.63, 3.8) is 0 Å². The molecule has 0 saturated carbocycles. The monoisotopic (exact) mass is 1480 g/mol. The lowest BCUT2D eigenvalue weighted by molar-refractivity contribution is -0.387. The Kier molecular flexibility index (Phi) is 29.9. The van der Waals surface area contributed by atoms with Gasteiger partial charge in [0.15, 0.2) is 50.3 Å². The second-order valence-corrected chi connectivity index (χ2v) is 25.4. The Labute approximate surface area is 572 Å². The number of carbonyl (C=O) groups excluding carboxylic acids is 4. The van der Waals surface area contributed by atoms with Crippen molar-refractivity contribution in [2.24, 2.45) is 0 Å². The zero-order chi connectivity index (χ0) is 74.5. The van der Waals surface area contributed by atoms with Gasteiger partial charge in [0.05, 0.1) is 52.9 Å². The summed E-state index contributed by atoms with van der Waals surface area (Å²) < 4.78 is 87.5. The number of amides is 4. The molecule has 45 heteroatoms. The molecule has 0 aromatic carbocycles. The summed E-state index contributed by atoms with van der Waals surface area (Å²) in [4.78, 5) is 50.2. The average Bonchev–Trinajstić information content (AvgIpc) is 0.775. The first-order chi connectivity index (χ1) is 47.8. The predicted molar refractivity (Wildman–Crippen MR) is 311 cm³/mol. The van der Waals surface area contributed by atoms with Crippen molar-refractivity contribution in [2.75, 3.05) is 52.9 Å². The molecule has 26 N–H and O–H groups in total. The molecule has 40 atom stereocenters. The second-order valence-electron chi connectivity index (χ2n) is 25.4. The van der Waals surface area contributed by atoms with Crippen molar-refractivity contribution in [3.05, 3.63) is 0 Å². The number of aliphatic hydroxyl groups is 22. The van der Waals surface area contributed by atoms with E-state index in [-0.39, 0.29) is 0 Å². The molecule has 101 heavy (non-hydrogen) atoms. The SMILES string of the molecule is CC(=O)N[C@H]1[C@H](OC[C@H]2O[C@@H](O[C@H]3[C@H](O)[C@@H](O)C(O)O[C@@H]3CO)[C@H](O)[C@@H](O[C@@H]3O[C@H](CO)[C@@H](O[C@@H]4O[C@H](CO)[C@H](O)[C@H](O[C@@H]5O[C@H](CO)[C@@H](O)[C@H](O)[C@H]5NC(C)=O)[C@H]4O)[C@H](O)[C@H]3NC(C)=O)[C@H]2O)O[C@H](CO)[C@@H](O[C@@H]2O[C@H](CO)[C@H](O)[C@H](O[C@@H]3O[C@H](CO)[C@@H](O)[C@H](O)[C@H]3NC(C)=O)[C@H]2O)[C@@H]1O. The standard InChI is InChI=1S/C56H94N4O41/c1-13(68)57-25-34(77)29(72)17(5-61)89-51(25)99-46-31(74)19(7-63)91-54(40(46)83)96-43-22(10-66)93-50(27(36(43)79)59-15(3)70)87-12-24-33(76)48(42(85)56(95-24)98-45-21(9-65)88-49(86)39(82)38(45)81)101-53-28(60-16(4)71)37(80)44(23(11-67)94-53)97-55-41(84)47(32(75)20(8-64)92-55)100-52-26(58-14(2)69)35(78)30(73)18(6-62)90-52/h17-56,61-67,72-86H,5-12H2,1-4H3,(H,57,68)(H,58,69)(H,59,70)(H,60,71)/t17-,18-,19-,20-,21-,22-,23-,24-,25-,26-,27-,28-,29-,30-,31+,32+,33+,34-,35-,36-,37-,38-,39-,40-,41-,42-,43-,44-,45-,46+,47+,48+,49?,50-,51+,52+,53+,54+,55+,56+/m1/s1. The highest BCUT2D eigenvalue weighted by atomic mass is 16.8. The molecule has 45 nitrogen and oxygen atoms in total. The molecular weight excluding hydrogens is 1380 g/mol. The maximum Gasteiger partial charge on any atom is 0.217 e. The van der Waals surface area contributed by atoms with E-state index in [1.165, 1.54) is 0 Å². The summed E-state index contributed by atoms with van der Waals surface area (Å²) >= 11 is 0. The normalized spacial score (nSPS) is 48.3. The number of hydrogen-bond acceptors (Lipinski definition) is 41. The molecule has 0 bridgehead atoms. The van der Waals surface area contributed by atoms with Crippen molar-refractivity contribution < 1.29 is 203 Å². The van der Waals surface area contributed by atoms with E-state index in [2.05, 4.69) is 21.3 Å². The molecule has 0 aromatic rings. The van der Waals surface area contributed by atoms with Crippen LogP contribution in [0.5, 0.6) is 0 Å². The highest BCUT2D eigenvalue weighted by Gasteiger charge is 2.60. The van der Waals surface area contributed by atoms with Crippen LogP contribution >= 0.6 is 0 Å². The van der Waals surface area contributed by atoms with Crippen molar-refractivity contribution in [1.29, 1.82) is 0 Å². The summed E-state index contributed by atoms with van der Waals surface area (Å²) in [6, 6.07) is -7.05. The number of ether oxygens (including phenoxy) is 15. The Morgan fingerprint density at radius 2 is 0.505 bits per heavy atom. The van der Waals surface area contributed by atoms with Crippen molar-refractivity contribution in [1.82, 2.24) is 21.3 Å². The third kappa shape index (κ3) is 18.5. The molecule has 0 radical (unpaired) electrons. The van der Waals surface area contributed by atoms with E-state index in [1.54, 1.807) is 0 Å². The van der Waals surface area contributed by atoms with E-state index in [0.29, 0.717) is 0 Å². The second kappa shape index (κ2) is 36.3. The molecule has 8 saturated heterocycles. The molecule has 8 heterocycles. The molecule has 8 fully saturated rings. The average molecular weight is 1480 g/mol. The van der Waals surface area contributed by atoms with Gasteiger partial charge >= 0.3 is 0 Å². The van der Waals surface area contributed by atoms with Gasteiger partial charge in [0, 0.05) is 27.7 Å². The largest absolute Gasteiger partial charge is 0.394 e. The van der Waals surface area contributed by atoms with Crippen LogP contribution in [0.3, 0.4) is 0 Å². The molecule has 8 aliphatic rings. The fraction of sp³-hybridized carbons (Fsp3) is 0.929. The summed E-state index contributed by atoms with van der Waals surface area (Å²) in [5.41, 5.74) is 0. The van der Waals surface area contributed by atoms with Gasteiger partial charge in [0.2, 0.25) is 23.6 Å². The number of carbonyl (C=O) groups is 4. The summed E-state index contributed by atoms with van der Waals surface area (Å²) in [5.74, 6) is -3.42. The van der Waals surface area contributed by atoms with Gasteiger partial charge < -0.3 is 205 Å². The minimum absolute atomic E-state index is 0.779. The highest BCUT2D eigenvalue weighted by Crippen LogP contribution is 2.39. The third-order valence-corrected chi connectivity index (χ3v) is 18.2. The Balaban J connectivity index is 1.04. The minimum Gasteiger partial charge on any atom is -0.394 e. The summed E-state index contributed by atoms with van der Waals surface area (Å²) in [6.45, 7) is -4.30. The van der Waals surface area contributed by atoms with Crippen molar-refractivity contribution >= 4 is 23.6 Å². The van der Waals surface area contributed by atoms with Gasteiger partial charge in [-0.25, -0.2) is 0 Å². The minimum atomic E-state index is -2.38. The maximum atomic E-state index is 13.0. The number of aliphatic hydroxyl groups excluding tert-OH is 22. The molecular formula is C56H94N4O41. The van der Waals surface area contributed by atoms with Crippen molar-refractivity contribution in [2.45, 2.75) is 273 Å². The maximum absolute atomic E-state index is 13.0. The first-order valence-corrected chi connectivity index (χ1v) is 32.1. The molecule has 0 aliphatic carbocycles. The highest BCUT2D eigenvalue weighted by molar-refractivity contribution is 5.74. The third-order valence-electron chi connectivity index (χ3n) is 18.2. The van der Waals surface area contributed by atoms with Crippen LogP contribution in [0.2, 0.25) is 0 Å². The van der Waals surface area contributed by atoms with Crippen LogP contribution in [0.1, 0.15) is 27.7 Å². The number of rotatable bonds is 26. The predicted octanol–water partition coefficient (Wildman–Crippen LogP) is -17.9. The number of nitrogens with one attached hydrogen (secondary N) is 4. The molecule has 8 rings (SSSR count). The molecule has 0 spiro atoms. The smallest absolute Gasteiger partial charge is 0.217 e. The summed E-state index contributed by atoms with van der Waals surface area (Å²) in [7, 11) is 0. The van der Waals surface area contributed by atoms with Crippen LogP contribution in [0.15, 0.2) is 0 Å². The van der Waals surface area contributed by atoms with Gasteiger partial charge in [-0.3, -0.25) is 19.2 Å². The van der Waals surface area contributed by atoms with Crippen LogP contribution in [-0.2, 0) is 90.2 Å². The topological polar surface area (TPSA) is 700 Å². The number of hydrogen-bond donors (Lipinski definition) is 26. The molecule has 0 aromatic heterocycles. The zero-order valence-corrected chi connectivity index (χ0v) is 54.3. The van der Waals surface area contributed by atoms with Gasteiger partial charge in [-0.05, 0) is 0 Å². The first-order valence-electron chi connectivity index (χ1n) is 32.1. The van der Waals surface area contributed by atoms with E-state index >= 15 is 0 Å². The lowest BCUT2D eigenvalue weighted by atomic mass is 9.94. The van der Waals surface area contributed by atoms with Crippen molar-refractivity contribution in [3.8, 4) is 0 Å². The lowest BCUT2D eigenvalue weighted by Gasteiger charge is -2.51. The molecule has 8 aliphatic heterocycles. The van der Waals surface area contributed by atoms with Crippen LogP contribution in [-0.4, -0.2) is 434 Å². The van der Waals surface area contributed by atoms with E-state index < -0.39 is 322 Å². The Morgan fingerprint density at radius 1 is 0.257 bits per heavy atom. The van der Waals surface area contributed by atoms with Gasteiger partial charge in [-0.1, -0.05) is 0 Å². The lowest BCUT2D eigenvalue weighted by Crippen LogP contribution is -2.70. The summed E-state index contributed by atoms with van der Waals surface area (Å²) in [6.07, 6.45) is -71.7. The molecule has 4 amide bonds.